The number of carbonyl (C=O) groups is 1. The Kier molecular flexibility index (Phi) is 3.60. The number of carbonyl (C=O) groups excluding carboxylic acids is 1. The Morgan fingerprint density at radius 1 is 1.10 bits per heavy atom. The number of rotatable bonds is 4. The lowest BCUT2D eigenvalue weighted by Crippen LogP contribution is -2.26. The van der Waals surface area contributed by atoms with Crippen molar-refractivity contribution in [2.45, 2.75) is 13.0 Å². The van der Waals surface area contributed by atoms with Gasteiger partial charge in [0.05, 0.1) is 12.3 Å². The van der Waals surface area contributed by atoms with E-state index in [0.717, 1.165) is 11.3 Å². The Morgan fingerprint density at radius 3 is 2.43 bits per heavy atom. The number of hydrogen-bond acceptors (Lipinski definition) is 2. The summed E-state index contributed by atoms with van der Waals surface area (Å²) in [5, 5.41) is 2.91. The highest BCUT2D eigenvalue weighted by molar-refractivity contribution is 5.91. The molecular formula is C17H16N2O2. The fourth-order valence-corrected chi connectivity index (χ4v) is 2.20. The molecule has 21 heavy (non-hydrogen) atoms. The molecule has 4 heteroatoms. The lowest BCUT2D eigenvalue weighted by molar-refractivity contribution is 0.0912. The van der Waals surface area contributed by atoms with Crippen molar-refractivity contribution >= 4 is 5.91 Å². The summed E-state index contributed by atoms with van der Waals surface area (Å²) in [6.45, 7) is 1.95. The fourth-order valence-electron chi connectivity index (χ4n) is 2.20. The zero-order chi connectivity index (χ0) is 14.7. The Morgan fingerprint density at radius 2 is 1.81 bits per heavy atom. The highest BCUT2D eigenvalue weighted by atomic mass is 16.3. The first kappa shape index (κ1) is 13.2. The van der Waals surface area contributed by atoms with Crippen molar-refractivity contribution in [3.05, 3.63) is 78.5 Å². The van der Waals surface area contributed by atoms with E-state index in [4.69, 9.17) is 4.42 Å². The minimum absolute atomic E-state index is 0.0821. The monoisotopic (exact) mass is 280 g/mol. The lowest BCUT2D eigenvalue weighted by atomic mass is 10.1. The SMILES string of the molecule is C[C@H](NC(=O)c1ccco1)c1ccc(-n2cccc2)cc1. The average Bonchev–Trinajstić information content (AvgIpc) is 3.20. The molecule has 3 aromatic rings. The molecular weight excluding hydrogens is 264 g/mol. The van der Waals surface area contributed by atoms with Gasteiger partial charge in [-0.2, -0.15) is 0 Å². The van der Waals surface area contributed by atoms with E-state index in [9.17, 15) is 4.79 Å². The van der Waals surface area contributed by atoms with E-state index >= 15 is 0 Å². The van der Waals surface area contributed by atoms with Gasteiger partial charge < -0.3 is 14.3 Å². The summed E-state index contributed by atoms with van der Waals surface area (Å²) in [7, 11) is 0. The standard InChI is InChI=1S/C17H16N2O2/c1-13(18-17(20)16-5-4-12-21-16)14-6-8-15(9-7-14)19-10-2-3-11-19/h2-13H,1H3,(H,18,20)/t13-/m0/s1. The fraction of sp³-hybridized carbons (Fsp3) is 0.118. The van der Waals surface area contributed by atoms with Gasteiger partial charge >= 0.3 is 0 Å². The van der Waals surface area contributed by atoms with Crippen molar-refractivity contribution in [1.29, 1.82) is 0 Å². The first-order valence-corrected chi connectivity index (χ1v) is 6.82. The quantitative estimate of drug-likeness (QED) is 0.794. The van der Waals surface area contributed by atoms with Crippen LogP contribution >= 0.6 is 0 Å². The maximum absolute atomic E-state index is 11.9. The van der Waals surface area contributed by atoms with Gasteiger partial charge in [0.2, 0.25) is 0 Å². The van der Waals surface area contributed by atoms with Gasteiger partial charge in [-0.25, -0.2) is 0 Å². The van der Waals surface area contributed by atoms with E-state index in [1.54, 1.807) is 12.1 Å². The van der Waals surface area contributed by atoms with Gasteiger partial charge in [-0.3, -0.25) is 4.79 Å². The maximum Gasteiger partial charge on any atom is 0.287 e. The van der Waals surface area contributed by atoms with Gasteiger partial charge in [-0.15, -0.1) is 0 Å². The highest BCUT2D eigenvalue weighted by Crippen LogP contribution is 2.16. The summed E-state index contributed by atoms with van der Waals surface area (Å²) < 4.78 is 7.12. The van der Waals surface area contributed by atoms with Crippen molar-refractivity contribution in [2.75, 3.05) is 0 Å². The van der Waals surface area contributed by atoms with Gasteiger partial charge in [0.15, 0.2) is 5.76 Å². The minimum atomic E-state index is -0.206. The van der Waals surface area contributed by atoms with Gasteiger partial charge in [-0.1, -0.05) is 12.1 Å². The third kappa shape index (κ3) is 2.89. The van der Waals surface area contributed by atoms with Crippen molar-refractivity contribution in [1.82, 2.24) is 9.88 Å². The molecule has 0 aliphatic carbocycles. The number of nitrogens with zero attached hydrogens (tertiary/aromatic N) is 1. The molecule has 0 aliphatic rings. The van der Waals surface area contributed by atoms with Gasteiger partial charge in [0.1, 0.15) is 0 Å². The molecule has 0 saturated heterocycles. The largest absolute Gasteiger partial charge is 0.459 e. The van der Waals surface area contributed by atoms with Crippen LogP contribution in [0.1, 0.15) is 29.1 Å². The predicted molar refractivity (Wildman–Crippen MR) is 80.4 cm³/mol. The van der Waals surface area contributed by atoms with Crippen molar-refractivity contribution < 1.29 is 9.21 Å². The predicted octanol–water partition coefficient (Wildman–Crippen LogP) is 3.56. The molecule has 0 radical (unpaired) electrons. The number of nitrogens with one attached hydrogen (secondary N) is 1. The molecule has 0 spiro atoms. The zero-order valence-corrected chi connectivity index (χ0v) is 11.7. The third-order valence-electron chi connectivity index (χ3n) is 3.39. The smallest absolute Gasteiger partial charge is 0.287 e. The molecule has 4 nitrogen and oxygen atoms in total. The molecule has 1 aromatic carbocycles. The molecule has 0 saturated carbocycles. The van der Waals surface area contributed by atoms with Crippen LogP contribution in [0.3, 0.4) is 0 Å². The molecule has 1 atom stereocenters. The summed E-state index contributed by atoms with van der Waals surface area (Å²) >= 11 is 0. The van der Waals surface area contributed by atoms with Crippen LogP contribution in [0.2, 0.25) is 0 Å². The number of benzene rings is 1. The first-order chi connectivity index (χ1) is 10.2. The molecule has 1 N–H and O–H groups in total. The van der Waals surface area contributed by atoms with Crippen LogP contribution in [-0.4, -0.2) is 10.5 Å². The Bertz CT molecular complexity index is 698. The lowest BCUT2D eigenvalue weighted by Gasteiger charge is -2.14. The second kappa shape index (κ2) is 5.71. The molecule has 1 amide bonds. The minimum Gasteiger partial charge on any atom is -0.459 e. The molecule has 0 aliphatic heterocycles. The summed E-state index contributed by atoms with van der Waals surface area (Å²) in [5.41, 5.74) is 2.14. The van der Waals surface area contributed by atoms with E-state index in [1.165, 1.54) is 6.26 Å². The van der Waals surface area contributed by atoms with E-state index in [2.05, 4.69) is 5.32 Å². The first-order valence-electron chi connectivity index (χ1n) is 6.82. The van der Waals surface area contributed by atoms with Crippen molar-refractivity contribution in [3.63, 3.8) is 0 Å². The van der Waals surface area contributed by atoms with E-state index in [1.807, 2.05) is 60.3 Å². The van der Waals surface area contributed by atoms with Crippen molar-refractivity contribution in [3.8, 4) is 5.69 Å². The van der Waals surface area contributed by atoms with Gasteiger partial charge in [0.25, 0.3) is 5.91 Å². The number of furan rings is 1. The second-order valence-electron chi connectivity index (χ2n) is 4.85. The van der Waals surface area contributed by atoms with E-state index in [0.29, 0.717) is 5.76 Å². The maximum atomic E-state index is 11.9. The Labute approximate surface area is 123 Å². The van der Waals surface area contributed by atoms with Crippen LogP contribution in [0.5, 0.6) is 0 Å². The Balaban J connectivity index is 1.70. The molecule has 2 aromatic heterocycles. The number of aromatic nitrogens is 1. The van der Waals surface area contributed by atoms with Crippen molar-refractivity contribution in [2.24, 2.45) is 0 Å². The highest BCUT2D eigenvalue weighted by Gasteiger charge is 2.13. The average molecular weight is 280 g/mol. The molecule has 0 bridgehead atoms. The van der Waals surface area contributed by atoms with E-state index in [-0.39, 0.29) is 11.9 Å². The van der Waals surface area contributed by atoms with Crippen LogP contribution in [-0.2, 0) is 0 Å². The normalized spacial score (nSPS) is 12.0. The van der Waals surface area contributed by atoms with Crippen LogP contribution < -0.4 is 5.32 Å². The zero-order valence-electron chi connectivity index (χ0n) is 11.7. The number of hydrogen-bond donors (Lipinski definition) is 1. The topological polar surface area (TPSA) is 47.2 Å². The molecule has 0 fully saturated rings. The van der Waals surface area contributed by atoms with Crippen LogP contribution in [0.15, 0.2) is 71.6 Å². The molecule has 2 heterocycles. The molecule has 106 valence electrons. The number of amides is 1. The summed E-state index contributed by atoms with van der Waals surface area (Å²) in [4.78, 5) is 11.9. The van der Waals surface area contributed by atoms with Crippen LogP contribution in [0, 0.1) is 0 Å². The Hall–Kier alpha value is -2.75. The van der Waals surface area contributed by atoms with Crippen LogP contribution in [0.4, 0.5) is 0 Å². The van der Waals surface area contributed by atoms with Gasteiger partial charge in [0, 0.05) is 18.1 Å². The summed E-state index contributed by atoms with van der Waals surface area (Å²) in [5.74, 6) is 0.118. The van der Waals surface area contributed by atoms with Gasteiger partial charge in [-0.05, 0) is 48.9 Å². The summed E-state index contributed by atoms with van der Waals surface area (Å²) in [6, 6.07) is 15.3. The van der Waals surface area contributed by atoms with E-state index < -0.39 is 0 Å². The molecule has 0 unspecified atom stereocenters. The molecule has 3 rings (SSSR count). The third-order valence-corrected chi connectivity index (χ3v) is 3.39. The van der Waals surface area contributed by atoms with Crippen LogP contribution in [0.25, 0.3) is 5.69 Å². The summed E-state index contributed by atoms with van der Waals surface area (Å²) in [6.07, 6.45) is 5.49. The second-order valence-corrected chi connectivity index (χ2v) is 4.85.